The quantitative estimate of drug-likeness (QED) is 0.550. The summed E-state index contributed by atoms with van der Waals surface area (Å²) >= 11 is 1.70. The fourth-order valence-corrected chi connectivity index (χ4v) is 4.54. The Morgan fingerprint density at radius 3 is 2.65 bits per heavy atom. The second-order valence-corrected chi connectivity index (χ2v) is 9.05. The highest BCUT2D eigenvalue weighted by molar-refractivity contribution is 7.09. The van der Waals surface area contributed by atoms with Gasteiger partial charge in [-0.25, -0.2) is 4.39 Å². The van der Waals surface area contributed by atoms with Gasteiger partial charge in [0.2, 0.25) is 5.91 Å². The summed E-state index contributed by atoms with van der Waals surface area (Å²) in [5, 5.41) is 14.8. The lowest BCUT2D eigenvalue weighted by molar-refractivity contribution is -0.117. The van der Waals surface area contributed by atoms with Crippen molar-refractivity contribution in [2.45, 2.75) is 45.8 Å². The summed E-state index contributed by atoms with van der Waals surface area (Å²) in [6.07, 6.45) is 2.22. The standard InChI is InChI=1S/C24H25FN4OS/c1-16-17(2)29(13-18-5-7-19(25)8-6-18)24(22(16)12-26)27-23(30)15-28(20-9-10-20)14-21-4-3-11-31-21/h3-8,11,20H,9-10,13-15H2,1-2H3,(H,27,30). The van der Waals surface area contributed by atoms with E-state index in [1.165, 1.54) is 17.0 Å². The molecule has 1 N–H and O–H groups in total. The van der Waals surface area contributed by atoms with Crippen LogP contribution < -0.4 is 5.32 Å². The molecule has 0 atom stereocenters. The summed E-state index contributed by atoms with van der Waals surface area (Å²) < 4.78 is 15.2. The lowest BCUT2D eigenvalue weighted by Gasteiger charge is -2.21. The van der Waals surface area contributed by atoms with Gasteiger partial charge in [0.05, 0.1) is 12.1 Å². The van der Waals surface area contributed by atoms with Gasteiger partial charge in [-0.3, -0.25) is 9.69 Å². The summed E-state index contributed by atoms with van der Waals surface area (Å²) in [4.78, 5) is 16.4. The molecule has 0 saturated heterocycles. The molecule has 0 bridgehead atoms. The van der Waals surface area contributed by atoms with Gasteiger partial charge in [0.25, 0.3) is 0 Å². The van der Waals surface area contributed by atoms with Crippen LogP contribution in [0.3, 0.4) is 0 Å². The lowest BCUT2D eigenvalue weighted by Crippen LogP contribution is -2.34. The molecule has 1 fully saturated rings. The highest BCUT2D eigenvalue weighted by atomic mass is 32.1. The van der Waals surface area contributed by atoms with Crippen molar-refractivity contribution in [1.82, 2.24) is 9.47 Å². The molecule has 0 aliphatic heterocycles. The van der Waals surface area contributed by atoms with Crippen LogP contribution in [0.25, 0.3) is 0 Å². The number of nitrogens with one attached hydrogen (secondary N) is 1. The number of anilines is 1. The minimum absolute atomic E-state index is 0.127. The number of nitriles is 1. The third kappa shape index (κ3) is 4.87. The van der Waals surface area contributed by atoms with Crippen LogP contribution in [0.4, 0.5) is 10.2 Å². The van der Waals surface area contributed by atoms with Crippen molar-refractivity contribution in [2.24, 2.45) is 0 Å². The second kappa shape index (κ2) is 9.04. The topological polar surface area (TPSA) is 61.1 Å². The Bertz CT molecular complexity index is 1110. The molecule has 1 saturated carbocycles. The van der Waals surface area contributed by atoms with Gasteiger partial charge in [-0.15, -0.1) is 11.3 Å². The fourth-order valence-electron chi connectivity index (χ4n) is 3.81. The number of aromatic nitrogens is 1. The van der Waals surface area contributed by atoms with E-state index < -0.39 is 0 Å². The van der Waals surface area contributed by atoms with Crippen LogP contribution in [0.1, 0.15) is 40.1 Å². The molecular weight excluding hydrogens is 411 g/mol. The predicted octanol–water partition coefficient (Wildman–Crippen LogP) is 4.83. The number of amides is 1. The van der Waals surface area contributed by atoms with Gasteiger partial charge in [0.15, 0.2) is 0 Å². The molecule has 7 heteroatoms. The van der Waals surface area contributed by atoms with Gasteiger partial charge in [0.1, 0.15) is 17.7 Å². The second-order valence-electron chi connectivity index (χ2n) is 8.02. The average molecular weight is 437 g/mol. The van der Waals surface area contributed by atoms with Crippen LogP contribution in [0.15, 0.2) is 41.8 Å². The molecule has 31 heavy (non-hydrogen) atoms. The molecule has 0 unspecified atom stereocenters. The van der Waals surface area contributed by atoms with Gasteiger partial charge < -0.3 is 9.88 Å². The number of rotatable bonds is 8. The zero-order chi connectivity index (χ0) is 22.0. The number of halogens is 1. The molecule has 5 nitrogen and oxygen atoms in total. The van der Waals surface area contributed by atoms with E-state index in [0.717, 1.165) is 36.2 Å². The van der Waals surface area contributed by atoms with Crippen molar-refractivity contribution in [3.05, 3.63) is 74.9 Å². The number of hydrogen-bond acceptors (Lipinski definition) is 4. The van der Waals surface area contributed by atoms with Crippen molar-refractivity contribution in [1.29, 1.82) is 5.26 Å². The van der Waals surface area contributed by atoms with Gasteiger partial charge >= 0.3 is 0 Å². The lowest BCUT2D eigenvalue weighted by atomic mass is 10.2. The molecule has 4 rings (SSSR count). The smallest absolute Gasteiger partial charge is 0.239 e. The first kappa shape index (κ1) is 21.3. The van der Waals surface area contributed by atoms with E-state index in [1.807, 2.05) is 29.9 Å². The van der Waals surface area contributed by atoms with Crippen LogP contribution >= 0.6 is 11.3 Å². The Morgan fingerprint density at radius 1 is 1.29 bits per heavy atom. The van der Waals surface area contributed by atoms with Crippen LogP contribution in [-0.2, 0) is 17.9 Å². The number of thiophene rings is 1. The Balaban J connectivity index is 1.55. The minimum atomic E-state index is -0.290. The zero-order valence-corrected chi connectivity index (χ0v) is 18.5. The van der Waals surface area contributed by atoms with E-state index in [1.54, 1.807) is 23.5 Å². The van der Waals surface area contributed by atoms with Crippen molar-refractivity contribution >= 4 is 23.1 Å². The maximum Gasteiger partial charge on any atom is 0.239 e. The first-order chi connectivity index (χ1) is 15.0. The molecular formula is C24H25FN4OS. The number of carbonyl (C=O) groups is 1. The Hall–Kier alpha value is -2.95. The number of nitrogens with zero attached hydrogens (tertiary/aromatic N) is 3. The summed E-state index contributed by atoms with van der Waals surface area (Å²) in [6.45, 7) is 5.31. The first-order valence-corrected chi connectivity index (χ1v) is 11.2. The van der Waals surface area contributed by atoms with Gasteiger partial charge in [0, 0.05) is 29.7 Å². The van der Waals surface area contributed by atoms with E-state index >= 15 is 0 Å². The van der Waals surface area contributed by atoms with Gasteiger partial charge in [-0.2, -0.15) is 5.26 Å². The molecule has 1 aliphatic rings. The minimum Gasteiger partial charge on any atom is -0.326 e. The molecule has 160 valence electrons. The summed E-state index contributed by atoms with van der Waals surface area (Å²) in [5.74, 6) is 0.0952. The SMILES string of the molecule is Cc1c(C#N)c(NC(=O)CN(Cc2cccs2)C2CC2)n(Cc2ccc(F)cc2)c1C. The number of benzene rings is 1. The van der Waals surface area contributed by atoms with E-state index in [0.29, 0.717) is 24.0 Å². The van der Waals surface area contributed by atoms with Crippen LogP contribution in [0, 0.1) is 31.0 Å². The van der Waals surface area contributed by atoms with E-state index in [2.05, 4.69) is 22.4 Å². The van der Waals surface area contributed by atoms with Crippen LogP contribution in [0.5, 0.6) is 0 Å². The zero-order valence-electron chi connectivity index (χ0n) is 17.7. The molecule has 2 heterocycles. The third-order valence-corrected chi connectivity index (χ3v) is 6.66. The summed E-state index contributed by atoms with van der Waals surface area (Å²) in [5.41, 5.74) is 3.13. The summed E-state index contributed by atoms with van der Waals surface area (Å²) in [6, 6.07) is 13.1. The summed E-state index contributed by atoms with van der Waals surface area (Å²) in [7, 11) is 0. The molecule has 2 aromatic heterocycles. The molecule has 0 radical (unpaired) electrons. The highest BCUT2D eigenvalue weighted by Crippen LogP contribution is 2.30. The van der Waals surface area contributed by atoms with E-state index in [9.17, 15) is 14.4 Å². The fraction of sp³-hybridized carbons (Fsp3) is 0.333. The number of hydrogen-bond donors (Lipinski definition) is 1. The maximum absolute atomic E-state index is 13.3. The van der Waals surface area contributed by atoms with Crippen LogP contribution in [0.2, 0.25) is 0 Å². The van der Waals surface area contributed by atoms with Crippen molar-refractivity contribution < 1.29 is 9.18 Å². The van der Waals surface area contributed by atoms with Gasteiger partial charge in [-0.05, 0) is 61.4 Å². The predicted molar refractivity (Wildman–Crippen MR) is 121 cm³/mol. The van der Waals surface area contributed by atoms with Crippen molar-refractivity contribution in [3.8, 4) is 6.07 Å². The molecule has 1 aliphatic carbocycles. The molecule has 1 aromatic carbocycles. The molecule has 1 amide bonds. The third-order valence-electron chi connectivity index (χ3n) is 5.80. The van der Waals surface area contributed by atoms with Crippen molar-refractivity contribution in [2.75, 3.05) is 11.9 Å². The van der Waals surface area contributed by atoms with Crippen molar-refractivity contribution in [3.63, 3.8) is 0 Å². The van der Waals surface area contributed by atoms with Crippen LogP contribution in [-0.4, -0.2) is 28.0 Å². The maximum atomic E-state index is 13.3. The monoisotopic (exact) mass is 436 g/mol. The van der Waals surface area contributed by atoms with E-state index in [-0.39, 0.29) is 18.3 Å². The Labute approximate surface area is 185 Å². The van der Waals surface area contributed by atoms with Gasteiger partial charge in [-0.1, -0.05) is 18.2 Å². The first-order valence-electron chi connectivity index (χ1n) is 10.4. The Morgan fingerprint density at radius 2 is 2.03 bits per heavy atom. The molecule has 0 spiro atoms. The molecule has 3 aromatic rings. The van der Waals surface area contributed by atoms with E-state index in [4.69, 9.17) is 0 Å². The highest BCUT2D eigenvalue weighted by Gasteiger charge is 2.31. The normalized spacial score (nSPS) is 13.4. The Kier molecular flexibility index (Phi) is 6.21. The average Bonchev–Trinajstić information content (AvgIpc) is 3.43. The largest absolute Gasteiger partial charge is 0.326 e. The number of carbonyl (C=O) groups excluding carboxylic acids is 1.